The minimum absolute atomic E-state index is 0.0242. The van der Waals surface area contributed by atoms with Gasteiger partial charge in [0.05, 0.1) is 29.2 Å². The molecule has 1 amide bonds. The summed E-state index contributed by atoms with van der Waals surface area (Å²) in [7, 11) is 5.65. The summed E-state index contributed by atoms with van der Waals surface area (Å²) in [6, 6.07) is 37.3. The Hall–Kier alpha value is -6.56. The molecule has 5 heterocycles. The van der Waals surface area contributed by atoms with Crippen molar-refractivity contribution in [3.8, 4) is 0 Å². The number of aromatic nitrogens is 4. The molecule has 0 atom stereocenters. The summed E-state index contributed by atoms with van der Waals surface area (Å²) in [5.41, 5.74) is 8.10. The van der Waals surface area contributed by atoms with Gasteiger partial charge >= 0.3 is 5.63 Å². The van der Waals surface area contributed by atoms with E-state index in [1.54, 1.807) is 11.9 Å². The zero-order chi connectivity index (χ0) is 39.6. The van der Waals surface area contributed by atoms with Crippen LogP contribution >= 0.6 is 0 Å². The summed E-state index contributed by atoms with van der Waals surface area (Å²) in [4.78, 5) is 53.6. The van der Waals surface area contributed by atoms with E-state index in [1.807, 2.05) is 135 Å². The highest BCUT2D eigenvalue weighted by atomic mass is 16.4. The molecule has 7 aromatic rings. The smallest absolute Gasteiger partial charge is 0.336 e. The summed E-state index contributed by atoms with van der Waals surface area (Å²) in [6.07, 6.45) is 7.27. The van der Waals surface area contributed by atoms with Crippen LogP contribution in [0.25, 0.3) is 11.0 Å². The molecule has 11 heteroatoms. The van der Waals surface area contributed by atoms with Crippen LogP contribution in [-0.4, -0.2) is 56.8 Å². The summed E-state index contributed by atoms with van der Waals surface area (Å²) in [6.45, 7) is 3.59. The first-order chi connectivity index (χ1) is 27.8. The van der Waals surface area contributed by atoms with Crippen LogP contribution in [0.15, 0.2) is 149 Å². The van der Waals surface area contributed by atoms with E-state index in [2.05, 4.69) is 47.9 Å². The molecular formula is C46H46N8O3. The monoisotopic (exact) mass is 758 g/mol. The lowest BCUT2D eigenvalue weighted by Gasteiger charge is -2.26. The molecule has 0 saturated carbocycles. The lowest BCUT2D eigenvalue weighted by molar-refractivity contribution is -0.117. The van der Waals surface area contributed by atoms with Crippen LogP contribution in [0.2, 0.25) is 0 Å². The van der Waals surface area contributed by atoms with Gasteiger partial charge in [-0.2, -0.15) is 0 Å². The van der Waals surface area contributed by atoms with Crippen LogP contribution in [-0.2, 0) is 50.5 Å². The Labute approximate surface area is 332 Å². The number of nitrogens with zero attached hydrogens (tertiary/aromatic N) is 8. The molecule has 0 aliphatic rings. The third kappa shape index (κ3) is 10.6. The van der Waals surface area contributed by atoms with Crippen molar-refractivity contribution in [2.45, 2.75) is 45.7 Å². The number of benzene rings is 2. The molecule has 0 saturated heterocycles. The minimum Gasteiger partial charge on any atom is -0.423 e. The Morgan fingerprint density at radius 2 is 1.02 bits per heavy atom. The fraction of sp³-hybridized carbons (Fsp3) is 0.217. The number of rotatable bonds is 16. The molecule has 0 fully saturated rings. The largest absolute Gasteiger partial charge is 0.423 e. The van der Waals surface area contributed by atoms with E-state index < -0.39 is 5.63 Å². The predicted octanol–water partition coefficient (Wildman–Crippen LogP) is 7.05. The van der Waals surface area contributed by atoms with Crippen molar-refractivity contribution >= 4 is 28.3 Å². The average molecular weight is 759 g/mol. The SMILES string of the molecule is CN(C)c1ccc2c(CC(=O)N(C)c3cc(CN(Cc4ccccn4)Cc4ccccn4)cc(CN(Cc4ccccn4)Cc4ccccn4)c3)cc(=O)oc2c1. The molecule has 2 aromatic carbocycles. The van der Waals surface area contributed by atoms with Crippen molar-refractivity contribution in [1.29, 1.82) is 0 Å². The van der Waals surface area contributed by atoms with E-state index in [9.17, 15) is 9.59 Å². The lowest BCUT2D eigenvalue weighted by atomic mass is 10.0. The summed E-state index contributed by atoms with van der Waals surface area (Å²) < 4.78 is 5.56. The maximum absolute atomic E-state index is 14.2. The molecule has 0 aliphatic heterocycles. The second kappa shape index (κ2) is 18.4. The summed E-state index contributed by atoms with van der Waals surface area (Å²) in [5, 5.41) is 0.732. The van der Waals surface area contributed by atoms with Crippen molar-refractivity contribution in [1.82, 2.24) is 29.7 Å². The maximum atomic E-state index is 14.2. The van der Waals surface area contributed by atoms with E-state index in [0.29, 0.717) is 50.4 Å². The van der Waals surface area contributed by atoms with Crippen LogP contribution in [0.4, 0.5) is 11.4 Å². The van der Waals surface area contributed by atoms with E-state index in [-0.39, 0.29) is 12.3 Å². The van der Waals surface area contributed by atoms with Crippen LogP contribution < -0.4 is 15.4 Å². The molecule has 0 bridgehead atoms. The molecule has 7 rings (SSSR count). The van der Waals surface area contributed by atoms with Gasteiger partial charge in [-0.05, 0) is 89.5 Å². The fourth-order valence-electron chi connectivity index (χ4n) is 6.92. The van der Waals surface area contributed by atoms with Gasteiger partial charge in [0.15, 0.2) is 0 Å². The van der Waals surface area contributed by atoms with Gasteiger partial charge in [0.2, 0.25) is 5.91 Å². The molecule has 0 N–H and O–H groups in total. The zero-order valence-corrected chi connectivity index (χ0v) is 32.5. The molecule has 5 aromatic heterocycles. The predicted molar refractivity (Wildman–Crippen MR) is 223 cm³/mol. The Kier molecular flexibility index (Phi) is 12.5. The van der Waals surface area contributed by atoms with Gasteiger partial charge < -0.3 is 14.2 Å². The molecule has 11 nitrogen and oxygen atoms in total. The normalized spacial score (nSPS) is 11.3. The zero-order valence-electron chi connectivity index (χ0n) is 32.5. The highest BCUT2D eigenvalue weighted by Gasteiger charge is 2.20. The summed E-state index contributed by atoms with van der Waals surface area (Å²) in [5.74, 6) is -0.153. The molecule has 0 unspecified atom stereocenters. The topological polar surface area (TPSA) is 112 Å². The van der Waals surface area contributed by atoms with Crippen LogP contribution in [0, 0.1) is 0 Å². The first kappa shape index (κ1) is 38.7. The number of fused-ring (bicyclic) bond motifs is 1. The molecule has 0 spiro atoms. The van der Waals surface area contributed by atoms with Gasteiger partial charge in [-0.15, -0.1) is 0 Å². The van der Waals surface area contributed by atoms with Gasteiger partial charge in [-0.25, -0.2) is 4.79 Å². The number of carbonyl (C=O) groups is 1. The fourth-order valence-corrected chi connectivity index (χ4v) is 6.92. The van der Waals surface area contributed by atoms with Crippen molar-refractivity contribution in [3.05, 3.63) is 190 Å². The molecular weight excluding hydrogens is 713 g/mol. The Balaban J connectivity index is 1.23. The Bertz CT molecular complexity index is 2260. The van der Waals surface area contributed by atoms with Crippen molar-refractivity contribution < 1.29 is 9.21 Å². The standard InChI is InChI=1S/C46H46N8O3/c1-51(2)41-16-17-43-36(26-46(56)57-44(43)27-41)25-45(55)52(3)42-23-34(28-53(30-37-12-4-8-18-47-37)31-38-13-5-9-19-48-38)22-35(24-42)29-54(32-39-14-6-10-20-49-39)33-40-15-7-11-21-50-40/h4-24,26-27H,25,28-33H2,1-3H3. The molecule has 0 radical (unpaired) electrons. The van der Waals surface area contributed by atoms with Crippen molar-refractivity contribution in [2.24, 2.45) is 0 Å². The number of amides is 1. The second-order valence-electron chi connectivity index (χ2n) is 14.4. The number of anilines is 2. The number of pyridine rings is 4. The van der Waals surface area contributed by atoms with Gasteiger partial charge in [0.25, 0.3) is 0 Å². The van der Waals surface area contributed by atoms with Gasteiger partial charge in [0, 0.05) is 114 Å². The number of hydrogen-bond acceptors (Lipinski definition) is 10. The minimum atomic E-state index is -0.491. The Morgan fingerprint density at radius 1 is 0.544 bits per heavy atom. The maximum Gasteiger partial charge on any atom is 0.336 e. The van der Waals surface area contributed by atoms with Gasteiger partial charge in [0.1, 0.15) is 5.58 Å². The van der Waals surface area contributed by atoms with Crippen molar-refractivity contribution in [3.63, 3.8) is 0 Å². The average Bonchev–Trinajstić information content (AvgIpc) is 3.21. The molecule has 0 aliphatic carbocycles. The number of carbonyl (C=O) groups excluding carboxylic acids is 1. The second-order valence-corrected chi connectivity index (χ2v) is 14.4. The first-order valence-electron chi connectivity index (χ1n) is 18.9. The van der Waals surface area contributed by atoms with Crippen LogP contribution in [0.3, 0.4) is 0 Å². The number of hydrogen-bond donors (Lipinski definition) is 0. The summed E-state index contributed by atoms with van der Waals surface area (Å²) >= 11 is 0. The van der Waals surface area contributed by atoms with E-state index in [1.165, 1.54) is 6.07 Å². The van der Waals surface area contributed by atoms with Crippen molar-refractivity contribution in [2.75, 3.05) is 30.9 Å². The van der Waals surface area contributed by atoms with E-state index >= 15 is 0 Å². The molecule has 288 valence electrons. The third-order valence-corrected chi connectivity index (χ3v) is 9.73. The van der Waals surface area contributed by atoms with E-state index in [0.717, 1.165) is 50.7 Å². The van der Waals surface area contributed by atoms with Crippen LogP contribution in [0.5, 0.6) is 0 Å². The Morgan fingerprint density at radius 3 is 1.44 bits per heavy atom. The first-order valence-corrected chi connectivity index (χ1v) is 18.9. The highest BCUT2D eigenvalue weighted by Crippen LogP contribution is 2.27. The van der Waals surface area contributed by atoms with Crippen LogP contribution in [0.1, 0.15) is 39.5 Å². The third-order valence-electron chi connectivity index (χ3n) is 9.73. The lowest BCUT2D eigenvalue weighted by Crippen LogP contribution is -2.29. The highest BCUT2D eigenvalue weighted by molar-refractivity contribution is 5.97. The van der Waals surface area contributed by atoms with Gasteiger partial charge in [-0.1, -0.05) is 30.3 Å². The quantitative estimate of drug-likeness (QED) is 0.0951. The molecule has 57 heavy (non-hydrogen) atoms. The van der Waals surface area contributed by atoms with Gasteiger partial charge in [-0.3, -0.25) is 34.5 Å². The van der Waals surface area contributed by atoms with E-state index in [4.69, 9.17) is 4.42 Å². The number of likely N-dealkylation sites (N-methyl/N-ethyl adjacent to an activating group) is 1.